The van der Waals surface area contributed by atoms with Crippen LogP contribution >= 0.6 is 0 Å². The summed E-state index contributed by atoms with van der Waals surface area (Å²) in [6.45, 7) is 4.95. The number of alkyl carbamates (subject to hydrolysis) is 1. The Morgan fingerprint density at radius 2 is 1.70 bits per heavy atom. The summed E-state index contributed by atoms with van der Waals surface area (Å²) in [5, 5.41) is 17.9. The van der Waals surface area contributed by atoms with Gasteiger partial charge in [0.25, 0.3) is 0 Å². The van der Waals surface area contributed by atoms with Crippen LogP contribution in [-0.4, -0.2) is 92.9 Å². The van der Waals surface area contributed by atoms with E-state index in [1.54, 1.807) is 30.6 Å². The third-order valence-corrected chi connectivity index (χ3v) is 9.19. The van der Waals surface area contributed by atoms with Gasteiger partial charge in [0.2, 0.25) is 11.8 Å². The van der Waals surface area contributed by atoms with Gasteiger partial charge in [-0.1, -0.05) is 50.2 Å². The maximum absolute atomic E-state index is 13.3. The molecule has 2 aliphatic heterocycles. The van der Waals surface area contributed by atoms with E-state index >= 15 is 0 Å². The molecule has 0 unspecified atom stereocenters. The van der Waals surface area contributed by atoms with Crippen molar-refractivity contribution in [3.63, 3.8) is 0 Å². The predicted octanol–water partition coefficient (Wildman–Crippen LogP) is 4.18. The second kappa shape index (κ2) is 18.1. The number of benzene rings is 2. The average Bonchev–Trinajstić information content (AvgIpc) is 3.88. The van der Waals surface area contributed by atoms with Gasteiger partial charge in [0.15, 0.2) is 5.78 Å². The SMILES string of the molecule is COC(=O)N[C@H](C(=O)N1CCC[C@H]1C(=O)Nc1ccc2cc(-c3cnc(CC(=O)[C@@H]4CCCN4)nc3)ccc2n1)C(C)C.O=C(O)Cc1ccccc1. The zero-order valence-corrected chi connectivity index (χ0v) is 30.1. The Kier molecular flexibility index (Phi) is 13.2. The molecule has 3 atom stereocenters. The molecule has 4 heterocycles. The van der Waals surface area contributed by atoms with Gasteiger partial charge in [-0.05, 0) is 73.5 Å². The van der Waals surface area contributed by atoms with Gasteiger partial charge in [0.05, 0.1) is 31.5 Å². The van der Waals surface area contributed by atoms with E-state index in [1.165, 1.54) is 12.0 Å². The van der Waals surface area contributed by atoms with Crippen molar-refractivity contribution < 1.29 is 33.8 Å². The van der Waals surface area contributed by atoms with Gasteiger partial charge in [-0.2, -0.15) is 0 Å². The summed E-state index contributed by atoms with van der Waals surface area (Å²) in [5.74, 6) is -0.602. The molecule has 0 spiro atoms. The molecule has 4 N–H and O–H groups in total. The predicted molar refractivity (Wildman–Crippen MR) is 198 cm³/mol. The largest absolute Gasteiger partial charge is 0.481 e. The molecule has 6 rings (SSSR count). The van der Waals surface area contributed by atoms with Crippen LogP contribution in [0.4, 0.5) is 10.6 Å². The first-order chi connectivity index (χ1) is 25.5. The van der Waals surface area contributed by atoms with Crippen molar-refractivity contribution in [3.8, 4) is 11.1 Å². The summed E-state index contributed by atoms with van der Waals surface area (Å²) in [6.07, 6.45) is 6.15. The van der Waals surface area contributed by atoms with Gasteiger partial charge in [-0.3, -0.25) is 19.2 Å². The zero-order valence-electron chi connectivity index (χ0n) is 30.1. The average molecular weight is 724 g/mol. The Balaban J connectivity index is 0.000000469. The number of aromatic nitrogens is 3. The molecule has 278 valence electrons. The highest BCUT2D eigenvalue weighted by molar-refractivity contribution is 5.99. The number of rotatable bonds is 11. The van der Waals surface area contributed by atoms with Gasteiger partial charge in [-0.15, -0.1) is 0 Å². The fraction of sp³-hybridized carbons (Fsp3) is 0.385. The maximum atomic E-state index is 13.3. The highest BCUT2D eigenvalue weighted by Crippen LogP contribution is 2.26. The fourth-order valence-electron chi connectivity index (χ4n) is 6.37. The number of carbonyl (C=O) groups is 5. The number of fused-ring (bicyclic) bond motifs is 1. The monoisotopic (exact) mass is 723 g/mol. The number of Topliss-reactive ketones (excluding diaryl/α,β-unsaturated/α-hetero) is 1. The van der Waals surface area contributed by atoms with Crippen molar-refractivity contribution in [1.82, 2.24) is 30.5 Å². The van der Waals surface area contributed by atoms with Crippen LogP contribution < -0.4 is 16.0 Å². The van der Waals surface area contributed by atoms with E-state index in [-0.39, 0.29) is 42.4 Å². The molecule has 53 heavy (non-hydrogen) atoms. The first-order valence-electron chi connectivity index (χ1n) is 17.7. The van der Waals surface area contributed by atoms with E-state index in [0.29, 0.717) is 36.5 Å². The second-order valence-electron chi connectivity index (χ2n) is 13.4. The van der Waals surface area contributed by atoms with Crippen LogP contribution in [0, 0.1) is 5.92 Å². The molecule has 0 aliphatic carbocycles. The highest BCUT2D eigenvalue weighted by Gasteiger charge is 2.39. The molecule has 0 radical (unpaired) electrons. The van der Waals surface area contributed by atoms with Crippen molar-refractivity contribution in [1.29, 1.82) is 0 Å². The number of ether oxygens (including phenoxy) is 1. The Bertz CT molecular complexity index is 1910. The summed E-state index contributed by atoms with van der Waals surface area (Å²) in [4.78, 5) is 75.9. The summed E-state index contributed by atoms with van der Waals surface area (Å²) >= 11 is 0. The van der Waals surface area contributed by atoms with E-state index in [2.05, 4.69) is 35.6 Å². The summed E-state index contributed by atoms with van der Waals surface area (Å²) in [7, 11) is 1.24. The van der Waals surface area contributed by atoms with Crippen LogP contribution in [0.3, 0.4) is 0 Å². The second-order valence-corrected chi connectivity index (χ2v) is 13.4. The molecule has 14 nitrogen and oxygen atoms in total. The summed E-state index contributed by atoms with van der Waals surface area (Å²) < 4.78 is 4.67. The number of carboxylic acids is 1. The molecule has 2 aromatic carbocycles. The number of hydrogen-bond acceptors (Lipinski definition) is 10. The molecule has 2 aromatic heterocycles. The lowest BCUT2D eigenvalue weighted by Gasteiger charge is -2.30. The molecule has 0 saturated carbocycles. The first-order valence-corrected chi connectivity index (χ1v) is 17.7. The van der Waals surface area contributed by atoms with Gasteiger partial charge < -0.3 is 30.7 Å². The molecule has 0 bridgehead atoms. The zero-order chi connectivity index (χ0) is 37.9. The number of methoxy groups -OCH3 is 1. The number of nitrogens with zero attached hydrogens (tertiary/aromatic N) is 4. The number of carboxylic acid groups (broad SMARTS) is 1. The number of hydrogen-bond donors (Lipinski definition) is 4. The standard InChI is InChI=1S/C31H37N7O5.C8H8O2/c1-18(2)28(37-31(42)43-3)30(41)38-13-5-7-24(38)29(40)36-26-11-9-20-14-19(8-10-22(20)35-26)21-16-33-27(34-17-21)15-25(39)23-6-4-12-32-23;9-8(10)6-7-4-2-1-3-5-7/h8-11,14,16-18,23-24,28,32H,4-7,12-13,15H2,1-3H3,(H,37,42)(H,35,36,40);1-5H,6H2,(H,9,10)/t23-,24-,28-;/m0./s1. The Hall–Kier alpha value is -5.76. The lowest BCUT2D eigenvalue weighted by atomic mass is 10.0. The quantitative estimate of drug-likeness (QED) is 0.174. The van der Waals surface area contributed by atoms with Crippen LogP contribution in [0.15, 0.2) is 73.1 Å². The van der Waals surface area contributed by atoms with Crippen molar-refractivity contribution in [2.75, 3.05) is 25.5 Å². The number of carbonyl (C=O) groups excluding carboxylic acids is 4. The van der Waals surface area contributed by atoms with E-state index in [1.807, 2.05) is 56.3 Å². The number of nitrogens with one attached hydrogen (secondary N) is 3. The van der Waals surface area contributed by atoms with Gasteiger partial charge in [0, 0.05) is 29.9 Å². The molecular formula is C39H45N7O7. The molecule has 2 saturated heterocycles. The summed E-state index contributed by atoms with van der Waals surface area (Å²) in [5.41, 5.74) is 3.26. The maximum Gasteiger partial charge on any atom is 0.407 e. The smallest absolute Gasteiger partial charge is 0.407 e. The molecule has 14 heteroatoms. The number of likely N-dealkylation sites (tertiary alicyclic amines) is 1. The minimum Gasteiger partial charge on any atom is -0.481 e. The molecule has 2 fully saturated rings. The van der Waals surface area contributed by atoms with Crippen LogP contribution in [-0.2, 0) is 36.8 Å². The molecular weight excluding hydrogens is 678 g/mol. The van der Waals surface area contributed by atoms with E-state index in [0.717, 1.165) is 41.5 Å². The Morgan fingerprint density at radius 1 is 0.943 bits per heavy atom. The van der Waals surface area contributed by atoms with E-state index in [9.17, 15) is 24.0 Å². The third kappa shape index (κ3) is 10.4. The number of pyridine rings is 1. The minimum absolute atomic E-state index is 0.0990. The third-order valence-electron chi connectivity index (χ3n) is 9.19. The van der Waals surface area contributed by atoms with Crippen molar-refractivity contribution in [3.05, 3.63) is 84.4 Å². The van der Waals surface area contributed by atoms with Crippen LogP contribution in [0.1, 0.15) is 50.9 Å². The summed E-state index contributed by atoms with van der Waals surface area (Å²) in [6, 6.07) is 16.9. The number of ketones is 1. The lowest BCUT2D eigenvalue weighted by molar-refractivity contribution is -0.139. The Labute approximate surface area is 307 Å². The molecule has 2 aliphatic rings. The topological polar surface area (TPSA) is 193 Å². The minimum atomic E-state index is -0.799. The highest BCUT2D eigenvalue weighted by atomic mass is 16.5. The molecule has 3 amide bonds. The Morgan fingerprint density at radius 3 is 2.36 bits per heavy atom. The molecule has 4 aromatic rings. The van der Waals surface area contributed by atoms with Crippen molar-refractivity contribution >= 4 is 46.4 Å². The first kappa shape index (κ1) is 38.5. The van der Waals surface area contributed by atoms with E-state index < -0.39 is 24.1 Å². The van der Waals surface area contributed by atoms with E-state index in [4.69, 9.17) is 5.11 Å². The van der Waals surface area contributed by atoms with Crippen LogP contribution in [0.5, 0.6) is 0 Å². The normalized spacial score (nSPS) is 17.1. The number of amides is 3. The van der Waals surface area contributed by atoms with Gasteiger partial charge in [-0.25, -0.2) is 19.7 Å². The van der Waals surface area contributed by atoms with Crippen molar-refractivity contribution in [2.45, 2.75) is 70.5 Å². The fourth-order valence-corrected chi connectivity index (χ4v) is 6.37. The van der Waals surface area contributed by atoms with Crippen LogP contribution in [0.2, 0.25) is 0 Å². The van der Waals surface area contributed by atoms with Gasteiger partial charge in [0.1, 0.15) is 23.7 Å². The number of aliphatic carboxylic acids is 1. The van der Waals surface area contributed by atoms with Crippen molar-refractivity contribution in [2.24, 2.45) is 5.92 Å². The van der Waals surface area contributed by atoms with Crippen LogP contribution in [0.25, 0.3) is 22.0 Å². The van der Waals surface area contributed by atoms with Gasteiger partial charge >= 0.3 is 12.1 Å². The lowest BCUT2D eigenvalue weighted by Crippen LogP contribution is -2.54. The number of anilines is 1.